The summed E-state index contributed by atoms with van der Waals surface area (Å²) in [6.45, 7) is 1.28. The third-order valence-electron chi connectivity index (χ3n) is 3.95. The summed E-state index contributed by atoms with van der Waals surface area (Å²) in [6.07, 6.45) is -0.365. The van der Waals surface area contributed by atoms with Crippen LogP contribution in [-0.2, 0) is 24.2 Å². The normalized spacial score (nSPS) is 10.8. The third-order valence-corrected chi connectivity index (χ3v) is 5.69. The van der Waals surface area contributed by atoms with Gasteiger partial charge in [0, 0.05) is 18.3 Å². The van der Waals surface area contributed by atoms with Crippen molar-refractivity contribution in [3.63, 3.8) is 0 Å². The van der Waals surface area contributed by atoms with Crippen molar-refractivity contribution in [1.29, 1.82) is 0 Å². The quantitative estimate of drug-likeness (QED) is 0.630. The smallest absolute Gasteiger partial charge is 0.307 e. The van der Waals surface area contributed by atoms with Crippen LogP contribution in [0.4, 0.5) is 5.69 Å². The lowest BCUT2D eigenvalue weighted by Crippen LogP contribution is -2.22. The van der Waals surface area contributed by atoms with E-state index in [9.17, 15) is 22.8 Å². The number of aryl methyl sites for hydroxylation is 1. The molecule has 0 aliphatic carbocycles. The minimum absolute atomic E-state index is 0.129. The Bertz CT molecular complexity index is 1000. The maximum atomic E-state index is 12.2. The minimum Gasteiger partial charge on any atom is -0.456 e. The van der Waals surface area contributed by atoms with Crippen LogP contribution in [0.25, 0.3) is 0 Å². The highest BCUT2D eigenvalue weighted by Crippen LogP contribution is 2.13. The van der Waals surface area contributed by atoms with E-state index < -0.39 is 34.1 Å². The van der Waals surface area contributed by atoms with Crippen LogP contribution in [0.3, 0.4) is 0 Å². The summed E-state index contributed by atoms with van der Waals surface area (Å²) in [4.78, 5) is 35.4. The molecule has 0 aliphatic rings. The predicted octanol–water partition coefficient (Wildman–Crippen LogP) is 1.70. The second-order valence-electron chi connectivity index (χ2n) is 6.25. The van der Waals surface area contributed by atoms with Gasteiger partial charge in [0.05, 0.1) is 17.1 Å². The van der Waals surface area contributed by atoms with Crippen LogP contribution < -0.4 is 10.6 Å². The van der Waals surface area contributed by atoms with E-state index in [4.69, 9.17) is 4.74 Å². The van der Waals surface area contributed by atoms with Crippen LogP contribution in [0.2, 0.25) is 0 Å². The molecular weight excluding hydrogens is 396 g/mol. The fourth-order valence-corrected chi connectivity index (χ4v) is 3.60. The first-order valence-corrected chi connectivity index (χ1v) is 10.4. The molecule has 0 spiro atoms. The van der Waals surface area contributed by atoms with Crippen LogP contribution in [0.5, 0.6) is 0 Å². The molecule has 9 heteroatoms. The Morgan fingerprint density at radius 2 is 1.72 bits per heavy atom. The average Bonchev–Trinajstić information content (AvgIpc) is 2.70. The zero-order chi connectivity index (χ0) is 21.4. The standard InChI is InChI=1S/C20H22N2O6S/c1-14-6-8-17(9-7-14)29(26,27)11-10-19(24)28-13-18(23)22-16-5-3-4-15(12-16)20(25)21-2/h3-9,12H,10-11,13H2,1-2H3,(H,21,25)(H,22,23). The van der Waals surface area contributed by atoms with Gasteiger partial charge >= 0.3 is 5.97 Å². The van der Waals surface area contributed by atoms with Gasteiger partial charge in [-0.1, -0.05) is 23.8 Å². The molecule has 2 rings (SSSR count). The summed E-state index contributed by atoms with van der Waals surface area (Å²) in [5, 5.41) is 4.98. The topological polar surface area (TPSA) is 119 Å². The maximum absolute atomic E-state index is 12.2. The molecule has 8 nitrogen and oxygen atoms in total. The number of benzene rings is 2. The number of hydrogen-bond donors (Lipinski definition) is 2. The van der Waals surface area contributed by atoms with Gasteiger partial charge in [0.2, 0.25) is 0 Å². The van der Waals surface area contributed by atoms with Crippen molar-refractivity contribution in [3.8, 4) is 0 Å². The number of sulfone groups is 1. The van der Waals surface area contributed by atoms with Crippen molar-refractivity contribution in [2.45, 2.75) is 18.2 Å². The van der Waals surface area contributed by atoms with E-state index in [-0.39, 0.29) is 17.2 Å². The van der Waals surface area contributed by atoms with Crippen molar-refractivity contribution in [1.82, 2.24) is 5.32 Å². The van der Waals surface area contributed by atoms with Crippen molar-refractivity contribution < 1.29 is 27.5 Å². The van der Waals surface area contributed by atoms with E-state index in [1.165, 1.54) is 25.2 Å². The highest BCUT2D eigenvalue weighted by molar-refractivity contribution is 7.91. The molecule has 0 fully saturated rings. The van der Waals surface area contributed by atoms with Crippen molar-refractivity contribution in [2.24, 2.45) is 0 Å². The second-order valence-corrected chi connectivity index (χ2v) is 8.36. The molecule has 0 atom stereocenters. The van der Waals surface area contributed by atoms with Gasteiger partial charge in [-0.15, -0.1) is 0 Å². The van der Waals surface area contributed by atoms with E-state index in [1.807, 2.05) is 6.92 Å². The number of hydrogen-bond acceptors (Lipinski definition) is 6. The summed E-state index contributed by atoms with van der Waals surface area (Å²) < 4.78 is 29.3. The lowest BCUT2D eigenvalue weighted by Gasteiger charge is -2.08. The van der Waals surface area contributed by atoms with E-state index in [1.54, 1.807) is 30.3 Å². The molecule has 0 unspecified atom stereocenters. The molecule has 2 amide bonds. The van der Waals surface area contributed by atoms with Crippen molar-refractivity contribution >= 4 is 33.3 Å². The largest absolute Gasteiger partial charge is 0.456 e. The molecule has 29 heavy (non-hydrogen) atoms. The monoisotopic (exact) mass is 418 g/mol. The zero-order valence-corrected chi connectivity index (χ0v) is 16.9. The Labute approximate surface area is 169 Å². The molecule has 0 heterocycles. The number of esters is 1. The summed E-state index contributed by atoms with van der Waals surface area (Å²) in [6, 6.07) is 12.6. The van der Waals surface area contributed by atoms with Crippen molar-refractivity contribution in [3.05, 3.63) is 59.7 Å². The number of amides is 2. The Morgan fingerprint density at radius 3 is 2.38 bits per heavy atom. The van der Waals surface area contributed by atoms with Crippen LogP contribution in [-0.4, -0.2) is 45.6 Å². The molecule has 0 saturated carbocycles. The molecule has 0 saturated heterocycles. The second kappa shape index (κ2) is 9.83. The van der Waals surface area contributed by atoms with Gasteiger partial charge in [-0.25, -0.2) is 8.42 Å². The molecule has 0 aromatic heterocycles. The highest BCUT2D eigenvalue weighted by atomic mass is 32.2. The molecule has 0 radical (unpaired) electrons. The van der Waals surface area contributed by atoms with Gasteiger partial charge in [-0.3, -0.25) is 14.4 Å². The lowest BCUT2D eigenvalue weighted by atomic mass is 10.2. The number of rotatable bonds is 8. The summed E-state index contributed by atoms with van der Waals surface area (Å²) in [7, 11) is -2.12. The van der Waals surface area contributed by atoms with Gasteiger partial charge in [0.1, 0.15) is 0 Å². The van der Waals surface area contributed by atoms with E-state index in [0.29, 0.717) is 11.3 Å². The van der Waals surface area contributed by atoms with Gasteiger partial charge in [-0.2, -0.15) is 0 Å². The first-order chi connectivity index (χ1) is 13.7. The molecule has 2 N–H and O–H groups in total. The van der Waals surface area contributed by atoms with E-state index >= 15 is 0 Å². The number of ether oxygens (including phenoxy) is 1. The zero-order valence-electron chi connectivity index (χ0n) is 16.1. The Morgan fingerprint density at radius 1 is 1.03 bits per heavy atom. The fraction of sp³-hybridized carbons (Fsp3) is 0.250. The van der Waals surface area contributed by atoms with Crippen LogP contribution in [0.15, 0.2) is 53.4 Å². The fourth-order valence-electron chi connectivity index (χ4n) is 2.38. The number of carbonyl (C=O) groups excluding carboxylic acids is 3. The van der Waals surface area contributed by atoms with Crippen molar-refractivity contribution in [2.75, 3.05) is 24.7 Å². The number of anilines is 1. The lowest BCUT2D eigenvalue weighted by molar-refractivity contribution is -0.146. The summed E-state index contributed by atoms with van der Waals surface area (Å²) in [5.74, 6) is -2.11. The Hall–Kier alpha value is -3.20. The number of carbonyl (C=O) groups is 3. The van der Waals surface area contributed by atoms with E-state index in [0.717, 1.165) is 5.56 Å². The molecule has 0 aliphatic heterocycles. The minimum atomic E-state index is -3.61. The highest BCUT2D eigenvalue weighted by Gasteiger charge is 2.17. The number of nitrogens with one attached hydrogen (secondary N) is 2. The Balaban J connectivity index is 1.82. The first kappa shape index (κ1) is 22.1. The average molecular weight is 418 g/mol. The first-order valence-electron chi connectivity index (χ1n) is 8.78. The van der Waals surface area contributed by atoms with Gasteiger partial charge < -0.3 is 15.4 Å². The third kappa shape index (κ3) is 6.72. The molecule has 154 valence electrons. The SMILES string of the molecule is CNC(=O)c1cccc(NC(=O)COC(=O)CCS(=O)(=O)c2ccc(C)cc2)c1. The summed E-state index contributed by atoms with van der Waals surface area (Å²) in [5.41, 5.74) is 1.66. The predicted molar refractivity (Wildman–Crippen MR) is 107 cm³/mol. The van der Waals surface area contributed by atoms with Crippen LogP contribution in [0, 0.1) is 6.92 Å². The van der Waals surface area contributed by atoms with Crippen LogP contribution >= 0.6 is 0 Å². The van der Waals surface area contributed by atoms with Gasteiger partial charge in [0.15, 0.2) is 16.4 Å². The molecular formula is C20H22N2O6S. The maximum Gasteiger partial charge on any atom is 0.307 e. The van der Waals surface area contributed by atoms with Gasteiger partial charge in [-0.05, 0) is 37.3 Å². The van der Waals surface area contributed by atoms with E-state index in [2.05, 4.69) is 10.6 Å². The molecule has 2 aromatic rings. The van der Waals surface area contributed by atoms with Crippen LogP contribution in [0.1, 0.15) is 22.3 Å². The summed E-state index contributed by atoms with van der Waals surface area (Å²) >= 11 is 0. The molecule has 0 bridgehead atoms. The van der Waals surface area contributed by atoms with Gasteiger partial charge in [0.25, 0.3) is 11.8 Å². The Kier molecular flexibility index (Phi) is 7.49. The molecule has 2 aromatic carbocycles.